The van der Waals surface area contributed by atoms with E-state index in [4.69, 9.17) is 9.47 Å². The fourth-order valence-corrected chi connectivity index (χ4v) is 2.29. The van der Waals surface area contributed by atoms with Gasteiger partial charge < -0.3 is 14.5 Å². The third-order valence-corrected chi connectivity index (χ3v) is 3.47. The van der Waals surface area contributed by atoms with Crippen LogP contribution < -0.4 is 15.0 Å². The number of ether oxygens (including phenoxy) is 2. The Balaban J connectivity index is 2.47. The van der Waals surface area contributed by atoms with Gasteiger partial charge in [-0.2, -0.15) is 0 Å². The maximum Gasteiger partial charge on any atom is 0.258 e. The molecule has 0 saturated heterocycles. The van der Waals surface area contributed by atoms with Crippen molar-refractivity contribution < 1.29 is 9.47 Å². The molecule has 2 aromatic rings. The second-order valence-electron chi connectivity index (χ2n) is 4.85. The molecule has 0 amide bonds. The van der Waals surface area contributed by atoms with E-state index in [1.165, 1.54) is 7.11 Å². The average molecular weight is 303 g/mol. The van der Waals surface area contributed by atoms with Crippen molar-refractivity contribution in [2.24, 2.45) is 0 Å². The minimum atomic E-state index is -0.185. The van der Waals surface area contributed by atoms with Crippen LogP contribution in [0.3, 0.4) is 0 Å². The number of hydrogen-bond acceptors (Lipinski definition) is 5. The van der Waals surface area contributed by atoms with Gasteiger partial charge in [-0.05, 0) is 12.6 Å². The first kappa shape index (κ1) is 16.0. The van der Waals surface area contributed by atoms with Crippen molar-refractivity contribution >= 4 is 10.9 Å². The summed E-state index contributed by atoms with van der Waals surface area (Å²) in [5.74, 6) is 1.68. The predicted molar refractivity (Wildman–Crippen MR) is 86.6 cm³/mol. The molecule has 0 aliphatic heterocycles. The van der Waals surface area contributed by atoms with Crippen LogP contribution in [0.4, 0.5) is 0 Å². The molecule has 0 aliphatic carbocycles. The summed E-state index contributed by atoms with van der Waals surface area (Å²) >= 11 is 0. The van der Waals surface area contributed by atoms with Crippen LogP contribution in [0.1, 0.15) is 12.7 Å². The summed E-state index contributed by atoms with van der Waals surface area (Å²) in [5, 5.41) is 0.480. The first-order valence-corrected chi connectivity index (χ1v) is 7.11. The molecule has 0 spiro atoms. The monoisotopic (exact) mass is 303 g/mol. The van der Waals surface area contributed by atoms with E-state index in [1.54, 1.807) is 19.2 Å². The zero-order chi connectivity index (χ0) is 16.1. The Morgan fingerprint density at radius 1 is 1.32 bits per heavy atom. The van der Waals surface area contributed by atoms with Crippen LogP contribution in [-0.4, -0.2) is 42.2 Å². The Kier molecular flexibility index (Phi) is 5.16. The van der Waals surface area contributed by atoms with Gasteiger partial charge >= 0.3 is 0 Å². The number of aromatic amines is 1. The number of likely N-dealkylation sites (N-methyl/N-ethyl adjacent to an activating group) is 1. The first-order chi connectivity index (χ1) is 10.6. The topological polar surface area (TPSA) is 67.5 Å². The highest BCUT2D eigenvalue weighted by atomic mass is 16.5. The van der Waals surface area contributed by atoms with Gasteiger partial charge in [-0.1, -0.05) is 13.0 Å². The standard InChI is InChI=1S/C16H21N3O3/c1-5-7-19(6-2)10-15-17-12-9-14(22-4)13(21-3)8-11(12)16(20)18-15/h5,8-9H,1,6-7,10H2,2-4H3,(H,17,18,20). The van der Waals surface area contributed by atoms with Crippen molar-refractivity contribution in [3.05, 3.63) is 41.0 Å². The highest BCUT2D eigenvalue weighted by molar-refractivity contribution is 5.81. The van der Waals surface area contributed by atoms with Crippen molar-refractivity contribution in [2.45, 2.75) is 13.5 Å². The van der Waals surface area contributed by atoms with Gasteiger partial charge in [0.15, 0.2) is 11.5 Å². The molecule has 6 heteroatoms. The molecule has 0 bridgehead atoms. The number of methoxy groups -OCH3 is 2. The first-order valence-electron chi connectivity index (χ1n) is 7.11. The number of rotatable bonds is 7. The van der Waals surface area contributed by atoms with Crippen LogP contribution >= 0.6 is 0 Å². The molecular weight excluding hydrogens is 282 g/mol. The van der Waals surface area contributed by atoms with E-state index in [-0.39, 0.29) is 5.56 Å². The van der Waals surface area contributed by atoms with E-state index in [1.807, 2.05) is 6.08 Å². The van der Waals surface area contributed by atoms with Gasteiger partial charge in [0.25, 0.3) is 5.56 Å². The van der Waals surface area contributed by atoms with Crippen molar-refractivity contribution in [1.29, 1.82) is 0 Å². The van der Waals surface area contributed by atoms with E-state index in [0.29, 0.717) is 34.8 Å². The van der Waals surface area contributed by atoms with E-state index >= 15 is 0 Å². The summed E-state index contributed by atoms with van der Waals surface area (Å²) in [6.45, 7) is 7.93. The predicted octanol–water partition coefficient (Wildman–Crippen LogP) is 1.95. The van der Waals surface area contributed by atoms with Gasteiger partial charge in [0.1, 0.15) is 5.82 Å². The third-order valence-electron chi connectivity index (χ3n) is 3.47. The van der Waals surface area contributed by atoms with Crippen molar-refractivity contribution in [3.8, 4) is 11.5 Å². The van der Waals surface area contributed by atoms with Gasteiger partial charge in [-0.15, -0.1) is 6.58 Å². The minimum absolute atomic E-state index is 0.185. The van der Waals surface area contributed by atoms with E-state index < -0.39 is 0 Å². The Hall–Kier alpha value is -2.34. The average Bonchev–Trinajstić information content (AvgIpc) is 2.53. The lowest BCUT2D eigenvalue weighted by Gasteiger charge is -2.17. The molecule has 6 nitrogen and oxygen atoms in total. The Bertz CT molecular complexity index is 724. The number of fused-ring (bicyclic) bond motifs is 1. The van der Waals surface area contributed by atoms with Crippen LogP contribution in [-0.2, 0) is 6.54 Å². The molecule has 0 saturated carbocycles. The third kappa shape index (κ3) is 3.28. The van der Waals surface area contributed by atoms with Gasteiger partial charge in [-0.3, -0.25) is 9.69 Å². The lowest BCUT2D eigenvalue weighted by molar-refractivity contribution is 0.303. The SMILES string of the molecule is C=CCN(CC)Cc1nc2cc(OC)c(OC)cc2c(=O)[nH]1. The van der Waals surface area contributed by atoms with Crippen molar-refractivity contribution in [1.82, 2.24) is 14.9 Å². The molecule has 2 rings (SSSR count). The van der Waals surface area contributed by atoms with Crippen LogP contribution in [0.5, 0.6) is 11.5 Å². The highest BCUT2D eigenvalue weighted by Crippen LogP contribution is 2.29. The summed E-state index contributed by atoms with van der Waals surface area (Å²) in [6.07, 6.45) is 1.83. The van der Waals surface area contributed by atoms with Crippen LogP contribution in [0.15, 0.2) is 29.6 Å². The summed E-state index contributed by atoms with van der Waals surface area (Å²) in [7, 11) is 3.09. The zero-order valence-electron chi connectivity index (χ0n) is 13.2. The Labute approximate surface area is 129 Å². The summed E-state index contributed by atoms with van der Waals surface area (Å²) in [4.78, 5) is 21.7. The molecule has 1 aromatic heterocycles. The second-order valence-corrected chi connectivity index (χ2v) is 4.85. The normalized spacial score (nSPS) is 10.9. The number of hydrogen-bond donors (Lipinski definition) is 1. The van der Waals surface area contributed by atoms with Crippen molar-refractivity contribution in [2.75, 3.05) is 27.3 Å². The smallest absolute Gasteiger partial charge is 0.258 e. The molecule has 22 heavy (non-hydrogen) atoms. The number of H-pyrrole nitrogens is 1. The van der Waals surface area contributed by atoms with Crippen molar-refractivity contribution in [3.63, 3.8) is 0 Å². The number of nitrogens with zero attached hydrogens (tertiary/aromatic N) is 2. The highest BCUT2D eigenvalue weighted by Gasteiger charge is 2.12. The lowest BCUT2D eigenvalue weighted by Crippen LogP contribution is -2.25. The number of benzene rings is 1. The van der Waals surface area contributed by atoms with E-state index in [9.17, 15) is 4.79 Å². The molecule has 0 aliphatic rings. The molecule has 1 N–H and O–H groups in total. The lowest BCUT2D eigenvalue weighted by atomic mass is 10.2. The molecular formula is C16H21N3O3. The quantitative estimate of drug-likeness (QED) is 0.792. The van der Waals surface area contributed by atoms with Crippen LogP contribution in [0.2, 0.25) is 0 Å². The van der Waals surface area contributed by atoms with Gasteiger partial charge in [-0.25, -0.2) is 4.98 Å². The molecule has 1 aromatic carbocycles. The summed E-state index contributed by atoms with van der Waals surface area (Å²) in [5.41, 5.74) is 0.404. The van der Waals surface area contributed by atoms with Crippen LogP contribution in [0.25, 0.3) is 10.9 Å². The molecule has 0 unspecified atom stereocenters. The largest absolute Gasteiger partial charge is 0.493 e. The zero-order valence-corrected chi connectivity index (χ0v) is 13.2. The Morgan fingerprint density at radius 2 is 2.00 bits per heavy atom. The minimum Gasteiger partial charge on any atom is -0.493 e. The fraction of sp³-hybridized carbons (Fsp3) is 0.375. The molecule has 118 valence electrons. The van der Waals surface area contributed by atoms with Gasteiger partial charge in [0.05, 0.1) is 31.7 Å². The van der Waals surface area contributed by atoms with Gasteiger partial charge in [0, 0.05) is 12.6 Å². The molecule has 0 atom stereocenters. The van der Waals surface area contributed by atoms with E-state index in [0.717, 1.165) is 13.1 Å². The molecule has 1 heterocycles. The number of aromatic nitrogens is 2. The summed E-state index contributed by atoms with van der Waals surface area (Å²) < 4.78 is 10.5. The molecule has 0 fully saturated rings. The van der Waals surface area contributed by atoms with Gasteiger partial charge in [0.2, 0.25) is 0 Å². The second kappa shape index (κ2) is 7.09. The van der Waals surface area contributed by atoms with Crippen LogP contribution in [0, 0.1) is 0 Å². The maximum atomic E-state index is 12.3. The number of nitrogens with one attached hydrogen (secondary N) is 1. The Morgan fingerprint density at radius 3 is 2.59 bits per heavy atom. The fourth-order valence-electron chi connectivity index (χ4n) is 2.29. The molecule has 0 radical (unpaired) electrons. The summed E-state index contributed by atoms with van der Waals surface area (Å²) in [6, 6.07) is 3.36. The van der Waals surface area contributed by atoms with E-state index in [2.05, 4.69) is 28.4 Å². The maximum absolute atomic E-state index is 12.3.